The zero-order valence-electron chi connectivity index (χ0n) is 16.2. The zero-order valence-corrected chi connectivity index (χ0v) is 16.2. The van der Waals surface area contributed by atoms with Crippen LogP contribution in [0.25, 0.3) is 17.4 Å². The molecule has 3 aromatic rings. The van der Waals surface area contributed by atoms with Gasteiger partial charge in [0.15, 0.2) is 0 Å². The number of nitro benzene ring substituents is 1. The third-order valence-electron chi connectivity index (χ3n) is 4.25. The summed E-state index contributed by atoms with van der Waals surface area (Å²) in [5, 5.41) is 23.4. The van der Waals surface area contributed by atoms with Crippen LogP contribution >= 0.6 is 0 Å². The van der Waals surface area contributed by atoms with E-state index in [-0.39, 0.29) is 28.3 Å². The summed E-state index contributed by atoms with van der Waals surface area (Å²) in [6, 6.07) is 16.4. The maximum absolute atomic E-state index is 12.4. The van der Waals surface area contributed by atoms with E-state index in [1.165, 1.54) is 37.5 Å². The number of aryl methyl sites for hydroxylation is 1. The summed E-state index contributed by atoms with van der Waals surface area (Å²) < 4.78 is 10.7. The Balaban J connectivity index is 1.87. The number of amides is 1. The molecule has 150 valence electrons. The average Bonchev–Trinajstić information content (AvgIpc) is 3.21. The molecule has 1 N–H and O–H groups in total. The summed E-state index contributed by atoms with van der Waals surface area (Å²) in [6.45, 7) is 1.92. The number of furan rings is 1. The van der Waals surface area contributed by atoms with Gasteiger partial charge in [0.05, 0.1) is 23.7 Å². The predicted molar refractivity (Wildman–Crippen MR) is 111 cm³/mol. The Bertz CT molecular complexity index is 1170. The van der Waals surface area contributed by atoms with Gasteiger partial charge in [0.2, 0.25) is 0 Å². The third kappa shape index (κ3) is 4.54. The van der Waals surface area contributed by atoms with E-state index in [4.69, 9.17) is 9.15 Å². The molecule has 0 aliphatic heterocycles. The van der Waals surface area contributed by atoms with E-state index >= 15 is 0 Å². The number of ether oxygens (including phenoxy) is 1. The number of hydrogen-bond acceptors (Lipinski definition) is 6. The van der Waals surface area contributed by atoms with Crippen molar-refractivity contribution in [2.45, 2.75) is 6.92 Å². The molecule has 1 amide bonds. The SMILES string of the molecule is COc1ccc(-c2ccc(/C=C(\C#N)C(=O)Nc3ccc(C)cc3)o2)c([N+](=O)[O-])c1. The van der Waals surface area contributed by atoms with Crippen molar-refractivity contribution in [2.24, 2.45) is 0 Å². The van der Waals surface area contributed by atoms with E-state index in [2.05, 4.69) is 5.32 Å². The van der Waals surface area contributed by atoms with Crippen LogP contribution in [0.5, 0.6) is 5.75 Å². The van der Waals surface area contributed by atoms with Crippen LogP contribution in [0.1, 0.15) is 11.3 Å². The number of nitrogens with zero attached hydrogens (tertiary/aromatic N) is 2. The van der Waals surface area contributed by atoms with Crippen LogP contribution < -0.4 is 10.1 Å². The van der Waals surface area contributed by atoms with Crippen LogP contribution in [0.4, 0.5) is 11.4 Å². The lowest BCUT2D eigenvalue weighted by molar-refractivity contribution is -0.384. The van der Waals surface area contributed by atoms with Gasteiger partial charge in [0, 0.05) is 11.8 Å². The van der Waals surface area contributed by atoms with Gasteiger partial charge in [0.1, 0.15) is 28.9 Å². The van der Waals surface area contributed by atoms with Gasteiger partial charge in [-0.25, -0.2) is 0 Å². The number of nitriles is 1. The molecule has 0 saturated carbocycles. The molecule has 8 nitrogen and oxygen atoms in total. The summed E-state index contributed by atoms with van der Waals surface area (Å²) in [5.41, 5.74) is 1.50. The van der Waals surface area contributed by atoms with Gasteiger partial charge in [-0.15, -0.1) is 0 Å². The number of carbonyl (C=O) groups excluding carboxylic acids is 1. The number of carbonyl (C=O) groups is 1. The van der Waals surface area contributed by atoms with E-state index < -0.39 is 10.8 Å². The minimum atomic E-state index is -0.588. The van der Waals surface area contributed by atoms with Crippen molar-refractivity contribution >= 4 is 23.4 Å². The first kappa shape index (κ1) is 20.4. The number of rotatable bonds is 6. The van der Waals surface area contributed by atoms with Crippen molar-refractivity contribution in [2.75, 3.05) is 12.4 Å². The number of benzene rings is 2. The second-order valence-corrected chi connectivity index (χ2v) is 6.33. The maximum atomic E-state index is 12.4. The molecule has 0 radical (unpaired) electrons. The van der Waals surface area contributed by atoms with Crippen molar-refractivity contribution in [1.29, 1.82) is 5.26 Å². The Labute approximate surface area is 172 Å². The first-order valence-corrected chi connectivity index (χ1v) is 8.83. The quantitative estimate of drug-likeness (QED) is 0.275. The molecule has 2 aromatic carbocycles. The third-order valence-corrected chi connectivity index (χ3v) is 4.25. The largest absolute Gasteiger partial charge is 0.497 e. The number of nitrogens with one attached hydrogen (secondary N) is 1. The van der Waals surface area contributed by atoms with Crippen molar-refractivity contribution in [1.82, 2.24) is 0 Å². The average molecular weight is 403 g/mol. The molecular formula is C22H17N3O5. The first-order valence-electron chi connectivity index (χ1n) is 8.83. The lowest BCUT2D eigenvalue weighted by atomic mass is 10.1. The molecule has 0 aliphatic rings. The molecule has 8 heteroatoms. The van der Waals surface area contributed by atoms with Gasteiger partial charge in [-0.3, -0.25) is 14.9 Å². The van der Waals surface area contributed by atoms with E-state index in [0.717, 1.165) is 5.56 Å². The maximum Gasteiger partial charge on any atom is 0.284 e. The lowest BCUT2D eigenvalue weighted by Crippen LogP contribution is -2.13. The van der Waals surface area contributed by atoms with E-state index in [9.17, 15) is 20.2 Å². The van der Waals surface area contributed by atoms with E-state index in [1.54, 1.807) is 18.2 Å². The Hall–Kier alpha value is -4.38. The fourth-order valence-electron chi connectivity index (χ4n) is 2.70. The predicted octanol–water partition coefficient (Wildman–Crippen LogP) is 4.72. The van der Waals surface area contributed by atoms with Gasteiger partial charge in [-0.05, 0) is 43.3 Å². The molecule has 0 saturated heterocycles. The van der Waals surface area contributed by atoms with Gasteiger partial charge in [0.25, 0.3) is 11.6 Å². The summed E-state index contributed by atoms with van der Waals surface area (Å²) in [5.74, 6) is 0.198. The second kappa shape index (κ2) is 8.75. The zero-order chi connectivity index (χ0) is 21.7. The molecule has 0 atom stereocenters. The van der Waals surface area contributed by atoms with Crippen LogP contribution in [-0.2, 0) is 4.79 Å². The Morgan fingerprint density at radius 3 is 2.57 bits per heavy atom. The first-order chi connectivity index (χ1) is 14.4. The summed E-state index contributed by atoms with van der Waals surface area (Å²) in [4.78, 5) is 23.2. The monoisotopic (exact) mass is 403 g/mol. The normalized spacial score (nSPS) is 10.9. The van der Waals surface area contributed by atoms with E-state index in [0.29, 0.717) is 11.4 Å². The number of methoxy groups -OCH3 is 1. The van der Waals surface area contributed by atoms with Crippen molar-refractivity contribution in [3.8, 4) is 23.1 Å². The molecule has 3 rings (SSSR count). The standard InChI is InChI=1S/C22H17N3O5/c1-14-3-5-16(6-4-14)24-22(26)15(13-23)11-18-8-10-21(30-18)19-9-7-17(29-2)12-20(19)25(27)28/h3-12H,1-2H3,(H,24,26)/b15-11+. The number of anilines is 1. The van der Waals surface area contributed by atoms with Crippen molar-refractivity contribution < 1.29 is 18.9 Å². The molecule has 30 heavy (non-hydrogen) atoms. The molecule has 0 aliphatic carbocycles. The second-order valence-electron chi connectivity index (χ2n) is 6.33. The molecular weight excluding hydrogens is 386 g/mol. The van der Waals surface area contributed by atoms with Crippen LogP contribution in [0.2, 0.25) is 0 Å². The summed E-state index contributed by atoms with van der Waals surface area (Å²) >= 11 is 0. The molecule has 0 bridgehead atoms. The highest BCUT2D eigenvalue weighted by Gasteiger charge is 2.19. The minimum Gasteiger partial charge on any atom is -0.497 e. The Kier molecular flexibility index (Phi) is 5.94. The highest BCUT2D eigenvalue weighted by Crippen LogP contribution is 2.34. The highest BCUT2D eigenvalue weighted by atomic mass is 16.6. The number of hydrogen-bond donors (Lipinski definition) is 1. The topological polar surface area (TPSA) is 118 Å². The van der Waals surface area contributed by atoms with E-state index in [1.807, 2.05) is 25.1 Å². The molecule has 1 heterocycles. The fourth-order valence-corrected chi connectivity index (χ4v) is 2.70. The van der Waals surface area contributed by atoms with Crippen LogP contribution in [-0.4, -0.2) is 17.9 Å². The van der Waals surface area contributed by atoms with Crippen molar-refractivity contribution in [3.05, 3.63) is 81.6 Å². The van der Waals surface area contributed by atoms with Gasteiger partial charge < -0.3 is 14.5 Å². The van der Waals surface area contributed by atoms with Gasteiger partial charge in [-0.1, -0.05) is 17.7 Å². The minimum absolute atomic E-state index is 0.166. The lowest BCUT2D eigenvalue weighted by Gasteiger charge is -2.04. The summed E-state index contributed by atoms with van der Waals surface area (Å²) in [7, 11) is 1.42. The van der Waals surface area contributed by atoms with Crippen LogP contribution in [0.3, 0.4) is 0 Å². The van der Waals surface area contributed by atoms with Gasteiger partial charge >= 0.3 is 0 Å². The van der Waals surface area contributed by atoms with Crippen molar-refractivity contribution in [3.63, 3.8) is 0 Å². The Morgan fingerprint density at radius 2 is 1.93 bits per heavy atom. The highest BCUT2D eigenvalue weighted by molar-refractivity contribution is 6.09. The Morgan fingerprint density at radius 1 is 1.20 bits per heavy atom. The smallest absolute Gasteiger partial charge is 0.284 e. The molecule has 1 aromatic heterocycles. The summed E-state index contributed by atoms with van der Waals surface area (Å²) in [6.07, 6.45) is 1.28. The van der Waals surface area contributed by atoms with Gasteiger partial charge in [-0.2, -0.15) is 5.26 Å². The molecule has 0 fully saturated rings. The fraction of sp³-hybridized carbons (Fsp3) is 0.0909. The van der Waals surface area contributed by atoms with Crippen LogP contribution in [0.15, 0.2) is 64.6 Å². The number of nitro groups is 1. The molecule has 0 unspecified atom stereocenters. The molecule has 0 spiro atoms. The van der Waals surface area contributed by atoms with Crippen LogP contribution in [0, 0.1) is 28.4 Å².